The normalized spacial score (nSPS) is 12.9. The molecule has 0 spiro atoms. The van der Waals surface area contributed by atoms with Crippen LogP contribution in [-0.2, 0) is 16.9 Å². The van der Waals surface area contributed by atoms with Gasteiger partial charge in [0.1, 0.15) is 15.8 Å². The standard InChI is InChI=1S/C19H16ClNO3S/c1-3-18(13-8-10-14(20)11-9-13)25(23,24)19-15-6-4-5-7-16(15)21(2)17(19)12-22/h3-12,18H,1H2,2H3. The topological polar surface area (TPSA) is 56.1 Å². The molecule has 1 unspecified atom stereocenters. The second kappa shape index (κ2) is 6.50. The lowest BCUT2D eigenvalue weighted by Crippen LogP contribution is -2.14. The Morgan fingerprint density at radius 1 is 1.12 bits per heavy atom. The molecule has 0 N–H and O–H groups in total. The van der Waals surface area contributed by atoms with E-state index in [9.17, 15) is 13.2 Å². The third-order valence-electron chi connectivity index (χ3n) is 4.25. The molecule has 25 heavy (non-hydrogen) atoms. The number of para-hydroxylation sites is 1. The third kappa shape index (κ3) is 2.79. The summed E-state index contributed by atoms with van der Waals surface area (Å²) in [5.41, 5.74) is 1.35. The van der Waals surface area contributed by atoms with E-state index in [1.165, 1.54) is 6.08 Å². The van der Waals surface area contributed by atoms with Crippen molar-refractivity contribution >= 4 is 38.6 Å². The Balaban J connectivity index is 2.30. The van der Waals surface area contributed by atoms with Gasteiger partial charge in [0.25, 0.3) is 0 Å². The fraction of sp³-hybridized carbons (Fsp3) is 0.105. The molecular formula is C19H16ClNO3S. The van der Waals surface area contributed by atoms with E-state index in [-0.39, 0.29) is 10.6 Å². The summed E-state index contributed by atoms with van der Waals surface area (Å²) in [5.74, 6) is 0. The van der Waals surface area contributed by atoms with Gasteiger partial charge in [-0.1, -0.05) is 48.0 Å². The van der Waals surface area contributed by atoms with Gasteiger partial charge in [0, 0.05) is 23.0 Å². The number of aldehydes is 1. The van der Waals surface area contributed by atoms with Crippen LogP contribution in [0.1, 0.15) is 21.3 Å². The van der Waals surface area contributed by atoms with Crippen molar-refractivity contribution < 1.29 is 13.2 Å². The van der Waals surface area contributed by atoms with Crippen LogP contribution in [-0.4, -0.2) is 19.3 Å². The summed E-state index contributed by atoms with van der Waals surface area (Å²) < 4.78 is 28.4. The third-order valence-corrected chi connectivity index (χ3v) is 6.63. The average molecular weight is 374 g/mol. The van der Waals surface area contributed by atoms with Gasteiger partial charge in [-0.25, -0.2) is 8.42 Å². The molecule has 0 saturated carbocycles. The van der Waals surface area contributed by atoms with E-state index >= 15 is 0 Å². The van der Waals surface area contributed by atoms with Crippen molar-refractivity contribution in [1.29, 1.82) is 0 Å². The van der Waals surface area contributed by atoms with E-state index in [1.807, 2.05) is 0 Å². The Labute approximate surface area is 151 Å². The fourth-order valence-electron chi connectivity index (χ4n) is 3.03. The molecule has 0 saturated heterocycles. The summed E-state index contributed by atoms with van der Waals surface area (Å²) in [6.45, 7) is 3.69. The second-order valence-corrected chi connectivity index (χ2v) is 8.10. The van der Waals surface area contributed by atoms with Crippen LogP contribution in [0.25, 0.3) is 10.9 Å². The van der Waals surface area contributed by atoms with Crippen molar-refractivity contribution in [2.75, 3.05) is 0 Å². The minimum atomic E-state index is -3.88. The van der Waals surface area contributed by atoms with Gasteiger partial charge < -0.3 is 4.57 Å². The molecule has 2 aromatic carbocycles. The van der Waals surface area contributed by atoms with Crippen molar-refractivity contribution in [3.63, 3.8) is 0 Å². The fourth-order valence-corrected chi connectivity index (χ4v) is 5.14. The van der Waals surface area contributed by atoms with E-state index in [2.05, 4.69) is 6.58 Å². The van der Waals surface area contributed by atoms with Crippen LogP contribution in [0.3, 0.4) is 0 Å². The van der Waals surface area contributed by atoms with Gasteiger partial charge in [-0.15, -0.1) is 6.58 Å². The number of fused-ring (bicyclic) bond motifs is 1. The summed E-state index contributed by atoms with van der Waals surface area (Å²) in [6.07, 6.45) is 1.95. The Hall–Kier alpha value is -2.37. The van der Waals surface area contributed by atoms with Gasteiger partial charge in [-0.05, 0) is 23.8 Å². The highest BCUT2D eigenvalue weighted by Crippen LogP contribution is 2.37. The SMILES string of the molecule is C=CC(c1ccc(Cl)cc1)S(=O)(=O)c1c(C=O)n(C)c2ccccc12. The molecule has 6 heteroatoms. The van der Waals surface area contributed by atoms with Crippen LogP contribution in [0.15, 0.2) is 66.1 Å². The highest BCUT2D eigenvalue weighted by Gasteiger charge is 2.33. The molecule has 0 fully saturated rings. The maximum Gasteiger partial charge on any atom is 0.191 e. The average Bonchev–Trinajstić information content (AvgIpc) is 2.90. The van der Waals surface area contributed by atoms with Gasteiger partial charge in [0.05, 0.1) is 0 Å². The molecule has 1 heterocycles. The maximum atomic E-state index is 13.4. The first kappa shape index (κ1) is 17.5. The molecule has 0 radical (unpaired) electrons. The molecular weight excluding hydrogens is 358 g/mol. The van der Waals surface area contributed by atoms with Crippen molar-refractivity contribution in [3.8, 4) is 0 Å². The predicted molar refractivity (Wildman–Crippen MR) is 99.9 cm³/mol. The number of hydrogen-bond acceptors (Lipinski definition) is 3. The minimum absolute atomic E-state index is 0.0282. The number of hydrogen-bond donors (Lipinski definition) is 0. The van der Waals surface area contributed by atoms with E-state index in [1.54, 1.807) is 60.1 Å². The van der Waals surface area contributed by atoms with E-state index in [0.29, 0.717) is 27.8 Å². The van der Waals surface area contributed by atoms with Gasteiger partial charge in [0.2, 0.25) is 0 Å². The molecule has 0 aliphatic rings. The maximum absolute atomic E-state index is 13.4. The number of carbonyl (C=O) groups is 1. The Morgan fingerprint density at radius 3 is 2.36 bits per heavy atom. The Morgan fingerprint density at radius 2 is 1.76 bits per heavy atom. The van der Waals surface area contributed by atoms with E-state index < -0.39 is 15.1 Å². The molecule has 1 atom stereocenters. The highest BCUT2D eigenvalue weighted by molar-refractivity contribution is 7.92. The lowest BCUT2D eigenvalue weighted by atomic mass is 10.1. The number of aromatic nitrogens is 1. The van der Waals surface area contributed by atoms with Crippen LogP contribution in [0.5, 0.6) is 0 Å². The number of sulfone groups is 1. The van der Waals surface area contributed by atoms with Crippen molar-refractivity contribution in [3.05, 3.63) is 77.5 Å². The van der Waals surface area contributed by atoms with Gasteiger partial charge >= 0.3 is 0 Å². The van der Waals surface area contributed by atoms with Gasteiger partial charge in [-0.2, -0.15) is 0 Å². The first-order valence-corrected chi connectivity index (χ1v) is 9.48. The van der Waals surface area contributed by atoms with Crippen LogP contribution in [0.2, 0.25) is 5.02 Å². The molecule has 0 bridgehead atoms. The number of benzene rings is 2. The second-order valence-electron chi connectivity index (χ2n) is 5.66. The zero-order valence-corrected chi connectivity index (χ0v) is 15.1. The number of aryl methyl sites for hydroxylation is 1. The largest absolute Gasteiger partial charge is 0.340 e. The van der Waals surface area contributed by atoms with Crippen molar-refractivity contribution in [2.45, 2.75) is 10.1 Å². The molecule has 0 amide bonds. The van der Waals surface area contributed by atoms with Gasteiger partial charge in [-0.3, -0.25) is 4.79 Å². The number of nitrogens with zero attached hydrogens (tertiary/aromatic N) is 1. The van der Waals surface area contributed by atoms with Crippen LogP contribution in [0.4, 0.5) is 0 Å². The zero-order chi connectivity index (χ0) is 18.2. The van der Waals surface area contributed by atoms with E-state index in [4.69, 9.17) is 11.6 Å². The lowest BCUT2D eigenvalue weighted by molar-refractivity contribution is 0.111. The minimum Gasteiger partial charge on any atom is -0.340 e. The molecule has 3 rings (SSSR count). The predicted octanol–water partition coefficient (Wildman–Crippen LogP) is 4.35. The summed E-state index contributed by atoms with van der Waals surface area (Å²) in [6, 6.07) is 13.6. The highest BCUT2D eigenvalue weighted by atomic mass is 35.5. The molecule has 4 nitrogen and oxygen atoms in total. The summed E-state index contributed by atoms with van der Waals surface area (Å²) in [7, 11) is -2.20. The number of rotatable bonds is 5. The lowest BCUT2D eigenvalue weighted by Gasteiger charge is -2.15. The summed E-state index contributed by atoms with van der Waals surface area (Å²) >= 11 is 5.90. The van der Waals surface area contributed by atoms with Gasteiger partial charge in [0.15, 0.2) is 16.1 Å². The summed E-state index contributed by atoms with van der Waals surface area (Å²) in [4.78, 5) is 11.7. The summed E-state index contributed by atoms with van der Waals surface area (Å²) in [5, 5.41) is 0.0601. The molecule has 0 aliphatic heterocycles. The molecule has 1 aromatic heterocycles. The molecule has 0 aliphatic carbocycles. The number of halogens is 1. The van der Waals surface area contributed by atoms with Crippen LogP contribution >= 0.6 is 11.6 Å². The monoisotopic (exact) mass is 373 g/mol. The van der Waals surface area contributed by atoms with Crippen molar-refractivity contribution in [1.82, 2.24) is 4.57 Å². The van der Waals surface area contributed by atoms with Crippen LogP contribution in [0, 0.1) is 0 Å². The molecule has 128 valence electrons. The zero-order valence-electron chi connectivity index (χ0n) is 13.5. The Kier molecular flexibility index (Phi) is 4.54. The molecule has 3 aromatic rings. The quantitative estimate of drug-likeness (QED) is 0.493. The van der Waals surface area contributed by atoms with Crippen molar-refractivity contribution in [2.24, 2.45) is 7.05 Å². The first-order valence-electron chi connectivity index (χ1n) is 7.56. The first-order chi connectivity index (χ1) is 11.9. The Bertz CT molecular complexity index is 1070. The smallest absolute Gasteiger partial charge is 0.191 e. The van der Waals surface area contributed by atoms with E-state index in [0.717, 1.165) is 0 Å². The number of carbonyl (C=O) groups excluding carboxylic acids is 1. The van der Waals surface area contributed by atoms with Crippen LogP contribution < -0.4 is 0 Å².